The first-order valence-corrected chi connectivity index (χ1v) is 3.41. The molecule has 1 aliphatic heterocycles. The van der Waals surface area contributed by atoms with Crippen molar-refractivity contribution in [3.05, 3.63) is 0 Å². The van der Waals surface area contributed by atoms with Crippen molar-refractivity contribution in [1.29, 1.82) is 0 Å². The van der Waals surface area contributed by atoms with E-state index in [2.05, 4.69) is 8.38 Å². The predicted octanol–water partition coefficient (Wildman–Crippen LogP) is 0.960. The molecule has 1 fully saturated rings. The van der Waals surface area contributed by atoms with Crippen LogP contribution in [-0.4, -0.2) is 25.1 Å². The summed E-state index contributed by atoms with van der Waals surface area (Å²) >= 11 is 1.49. The number of halogens is 3. The van der Waals surface area contributed by atoms with Crippen LogP contribution in [0.3, 0.4) is 0 Å². The fraction of sp³-hybridized carbons (Fsp3) is 1.00. The van der Waals surface area contributed by atoms with E-state index < -0.39 is 12.0 Å². The van der Waals surface area contributed by atoms with Gasteiger partial charge in [-0.25, -0.2) is 8.78 Å². The summed E-state index contributed by atoms with van der Waals surface area (Å²) in [6.45, 7) is -0.0173. The Morgan fingerprint density at radius 2 is 2.33 bits per heavy atom. The quantitative estimate of drug-likeness (QED) is 0.699. The number of alkyl halides is 2. The SMILES string of the molecule is FC1(F)CNCC1OI. The Balaban J connectivity index is 2.52. The maximum atomic E-state index is 12.4. The molecule has 1 unspecified atom stereocenters. The largest absolute Gasteiger partial charge is 0.308 e. The molecule has 0 bridgehead atoms. The van der Waals surface area contributed by atoms with Gasteiger partial charge in [-0.1, -0.05) is 0 Å². The molecule has 1 N–H and O–H groups in total. The Bertz CT molecular complexity index is 111. The summed E-state index contributed by atoms with van der Waals surface area (Å²) in [4.78, 5) is 0. The predicted molar refractivity (Wildman–Crippen MR) is 36.7 cm³/mol. The van der Waals surface area contributed by atoms with Gasteiger partial charge in [0.1, 0.15) is 29.1 Å². The number of hydrogen-bond acceptors (Lipinski definition) is 2. The van der Waals surface area contributed by atoms with E-state index in [1.807, 2.05) is 0 Å². The van der Waals surface area contributed by atoms with E-state index >= 15 is 0 Å². The summed E-state index contributed by atoms with van der Waals surface area (Å²) in [5.41, 5.74) is 0. The number of nitrogens with one attached hydrogen (secondary N) is 1. The van der Waals surface area contributed by atoms with Gasteiger partial charge in [0.15, 0.2) is 0 Å². The molecule has 0 aromatic rings. The van der Waals surface area contributed by atoms with Gasteiger partial charge >= 0.3 is 0 Å². The van der Waals surface area contributed by atoms with E-state index in [1.54, 1.807) is 0 Å². The second kappa shape index (κ2) is 2.63. The second-order valence-electron chi connectivity index (χ2n) is 1.97. The Kier molecular flexibility index (Phi) is 2.23. The van der Waals surface area contributed by atoms with E-state index in [-0.39, 0.29) is 13.1 Å². The Hall–Kier alpha value is 0.510. The van der Waals surface area contributed by atoms with Gasteiger partial charge in [-0.3, -0.25) is 0 Å². The summed E-state index contributed by atoms with van der Waals surface area (Å²) < 4.78 is 29.3. The summed E-state index contributed by atoms with van der Waals surface area (Å²) in [5.74, 6) is -2.68. The highest BCUT2D eigenvalue weighted by molar-refractivity contribution is 14.1. The molecule has 1 aliphatic rings. The molecule has 0 aliphatic carbocycles. The zero-order valence-electron chi connectivity index (χ0n) is 4.53. The van der Waals surface area contributed by atoms with Crippen LogP contribution in [0.25, 0.3) is 0 Å². The number of rotatable bonds is 1. The molecule has 1 saturated heterocycles. The first-order chi connectivity index (χ1) is 4.17. The van der Waals surface area contributed by atoms with E-state index in [0.717, 1.165) is 0 Å². The van der Waals surface area contributed by atoms with Gasteiger partial charge in [-0.15, -0.1) is 0 Å². The molecule has 54 valence electrons. The fourth-order valence-electron chi connectivity index (χ4n) is 0.730. The van der Waals surface area contributed by atoms with Crippen molar-refractivity contribution in [3.63, 3.8) is 0 Å². The third-order valence-corrected chi connectivity index (χ3v) is 1.88. The molecule has 0 radical (unpaired) electrons. The Labute approximate surface area is 65.6 Å². The molecular formula is C4H6F2INO. The van der Waals surface area contributed by atoms with Crippen molar-refractivity contribution in [2.75, 3.05) is 13.1 Å². The standard InChI is InChI=1S/C4H6F2INO/c5-4(6)2-8-1-3(4)9-7/h3,8H,1-2H2. The van der Waals surface area contributed by atoms with E-state index in [4.69, 9.17) is 0 Å². The maximum Gasteiger partial charge on any atom is 0.288 e. The van der Waals surface area contributed by atoms with Crippen molar-refractivity contribution < 1.29 is 11.8 Å². The molecule has 2 nitrogen and oxygen atoms in total. The average molecular weight is 249 g/mol. The van der Waals surface area contributed by atoms with Crippen molar-refractivity contribution in [2.45, 2.75) is 12.0 Å². The summed E-state index contributed by atoms with van der Waals surface area (Å²) in [6.07, 6.45) is -0.946. The monoisotopic (exact) mass is 249 g/mol. The van der Waals surface area contributed by atoms with E-state index in [9.17, 15) is 8.78 Å². The molecule has 0 saturated carbocycles. The molecule has 1 heterocycles. The molecule has 0 aromatic carbocycles. The zero-order chi connectivity index (χ0) is 6.91. The third-order valence-electron chi connectivity index (χ3n) is 1.27. The number of hydrogen-bond donors (Lipinski definition) is 1. The molecule has 0 aromatic heterocycles. The van der Waals surface area contributed by atoms with Gasteiger partial charge in [0.25, 0.3) is 5.92 Å². The molecule has 5 heteroatoms. The van der Waals surface area contributed by atoms with Crippen LogP contribution < -0.4 is 5.32 Å². The minimum atomic E-state index is -2.68. The second-order valence-corrected chi connectivity index (χ2v) is 2.48. The molecule has 0 amide bonds. The Morgan fingerprint density at radius 1 is 1.67 bits per heavy atom. The lowest BCUT2D eigenvalue weighted by molar-refractivity contribution is -0.0449. The van der Waals surface area contributed by atoms with Crippen LogP contribution in [0.1, 0.15) is 0 Å². The lowest BCUT2D eigenvalue weighted by atomic mass is 10.2. The van der Waals surface area contributed by atoms with Gasteiger partial charge in [0, 0.05) is 6.54 Å². The lowest BCUT2D eigenvalue weighted by Crippen LogP contribution is -2.31. The molecule has 1 atom stereocenters. The van der Waals surface area contributed by atoms with Crippen LogP contribution in [0.2, 0.25) is 0 Å². The highest BCUT2D eigenvalue weighted by Crippen LogP contribution is 2.25. The van der Waals surface area contributed by atoms with Crippen LogP contribution >= 0.6 is 23.0 Å². The smallest absolute Gasteiger partial charge is 0.288 e. The Morgan fingerprint density at radius 3 is 2.56 bits per heavy atom. The molecule has 1 rings (SSSR count). The van der Waals surface area contributed by atoms with Gasteiger partial charge in [-0.2, -0.15) is 0 Å². The third kappa shape index (κ3) is 1.50. The topological polar surface area (TPSA) is 21.3 Å². The van der Waals surface area contributed by atoms with Crippen molar-refractivity contribution >= 4 is 23.0 Å². The van der Waals surface area contributed by atoms with Gasteiger partial charge in [0.2, 0.25) is 0 Å². The van der Waals surface area contributed by atoms with Crippen LogP contribution in [0, 0.1) is 0 Å². The minimum absolute atomic E-state index is 0.246. The average Bonchev–Trinajstić information content (AvgIpc) is 2.08. The first-order valence-electron chi connectivity index (χ1n) is 2.53. The van der Waals surface area contributed by atoms with Crippen molar-refractivity contribution in [3.8, 4) is 0 Å². The molecule has 9 heavy (non-hydrogen) atoms. The van der Waals surface area contributed by atoms with E-state index in [0.29, 0.717) is 0 Å². The summed E-state index contributed by atoms with van der Waals surface area (Å²) in [6, 6.07) is 0. The first kappa shape index (κ1) is 7.62. The van der Waals surface area contributed by atoms with Gasteiger partial charge in [-0.05, 0) is 0 Å². The zero-order valence-corrected chi connectivity index (χ0v) is 6.69. The fourth-order valence-corrected chi connectivity index (χ4v) is 1.28. The van der Waals surface area contributed by atoms with Gasteiger partial charge < -0.3 is 8.38 Å². The molecule has 0 spiro atoms. The van der Waals surface area contributed by atoms with Crippen LogP contribution in [0.5, 0.6) is 0 Å². The van der Waals surface area contributed by atoms with Crippen molar-refractivity contribution in [1.82, 2.24) is 5.32 Å². The van der Waals surface area contributed by atoms with Crippen LogP contribution in [0.15, 0.2) is 0 Å². The summed E-state index contributed by atoms with van der Waals surface area (Å²) in [5, 5.41) is 2.53. The van der Waals surface area contributed by atoms with Crippen LogP contribution in [-0.2, 0) is 3.07 Å². The lowest BCUT2D eigenvalue weighted by Gasteiger charge is -2.13. The normalized spacial score (nSPS) is 33.0. The minimum Gasteiger partial charge on any atom is -0.308 e. The highest BCUT2D eigenvalue weighted by atomic mass is 127. The van der Waals surface area contributed by atoms with Crippen molar-refractivity contribution in [2.24, 2.45) is 0 Å². The molecular weight excluding hydrogens is 243 g/mol. The summed E-state index contributed by atoms with van der Waals surface area (Å²) in [7, 11) is 0. The maximum absolute atomic E-state index is 12.4. The van der Waals surface area contributed by atoms with E-state index in [1.165, 1.54) is 23.0 Å². The van der Waals surface area contributed by atoms with Gasteiger partial charge in [0.05, 0.1) is 6.54 Å². The van der Waals surface area contributed by atoms with Crippen LogP contribution in [0.4, 0.5) is 8.78 Å². The highest BCUT2D eigenvalue weighted by Gasteiger charge is 2.44.